The second kappa shape index (κ2) is 4.83. The molecule has 0 amide bonds. The van der Waals surface area contributed by atoms with Crippen LogP contribution in [0.1, 0.15) is 12.8 Å². The molecular weight excluding hydrogens is 259 g/mol. The fourth-order valence-corrected chi connectivity index (χ4v) is 3.85. The third-order valence-corrected chi connectivity index (χ3v) is 5.06. The van der Waals surface area contributed by atoms with Crippen molar-refractivity contribution in [2.45, 2.75) is 23.8 Å². The van der Waals surface area contributed by atoms with E-state index in [1.54, 1.807) is 0 Å². The van der Waals surface area contributed by atoms with Gasteiger partial charge in [0, 0.05) is 12.6 Å². The van der Waals surface area contributed by atoms with Crippen molar-refractivity contribution in [3.8, 4) is 0 Å². The number of halogens is 1. The van der Waals surface area contributed by atoms with Gasteiger partial charge in [-0.25, -0.2) is 12.8 Å². The highest BCUT2D eigenvalue weighted by Gasteiger charge is 2.34. The maximum Gasteiger partial charge on any atom is 0.243 e. The van der Waals surface area contributed by atoms with Gasteiger partial charge in [0.2, 0.25) is 10.0 Å². The average Bonchev–Trinajstić information content (AvgIpc) is 2.81. The van der Waals surface area contributed by atoms with Crippen LogP contribution >= 0.6 is 0 Å². The monoisotopic (exact) mass is 274 g/mol. The van der Waals surface area contributed by atoms with Crippen LogP contribution in [0.15, 0.2) is 23.1 Å². The fourth-order valence-electron chi connectivity index (χ4n) is 2.13. The maximum atomic E-state index is 13.0. The Morgan fingerprint density at radius 3 is 2.83 bits per heavy atom. The number of hydrogen-bond acceptors (Lipinski definition) is 4. The molecule has 0 aromatic heterocycles. The van der Waals surface area contributed by atoms with Gasteiger partial charge in [-0.2, -0.15) is 4.31 Å². The minimum absolute atomic E-state index is 0.0400. The number of hydrogen-bond donors (Lipinski definition) is 2. The van der Waals surface area contributed by atoms with Crippen LogP contribution in [0.5, 0.6) is 0 Å². The normalized spacial score (nSPS) is 21.3. The number of rotatable bonds is 3. The first-order valence-electron chi connectivity index (χ1n) is 5.64. The van der Waals surface area contributed by atoms with E-state index < -0.39 is 21.9 Å². The molecule has 0 spiro atoms. The van der Waals surface area contributed by atoms with Gasteiger partial charge in [-0.15, -0.1) is 0 Å². The van der Waals surface area contributed by atoms with Gasteiger partial charge in [0.05, 0.1) is 17.2 Å². The standard InChI is InChI=1S/C11H15FN2O3S/c12-10-4-3-9(6-11(10)13)18(16,17)14-5-1-2-8(14)7-15/h3-4,6,8,15H,1-2,5,7,13H2/t8-/m1/s1. The van der Waals surface area contributed by atoms with Gasteiger partial charge in [0.15, 0.2) is 0 Å². The molecule has 1 aromatic carbocycles. The summed E-state index contributed by atoms with van der Waals surface area (Å²) >= 11 is 0. The molecule has 7 heteroatoms. The summed E-state index contributed by atoms with van der Waals surface area (Å²) in [6, 6.07) is 2.93. The molecule has 0 unspecified atom stereocenters. The quantitative estimate of drug-likeness (QED) is 0.789. The molecule has 18 heavy (non-hydrogen) atoms. The minimum atomic E-state index is -3.71. The summed E-state index contributed by atoms with van der Waals surface area (Å²) < 4.78 is 38.9. The number of aliphatic hydroxyl groups excluding tert-OH is 1. The first-order chi connectivity index (χ1) is 8.46. The molecule has 1 atom stereocenters. The number of nitrogen functional groups attached to an aromatic ring is 1. The molecule has 1 aromatic rings. The molecule has 1 fully saturated rings. The van der Waals surface area contributed by atoms with Crippen molar-refractivity contribution >= 4 is 15.7 Å². The average molecular weight is 274 g/mol. The molecule has 0 radical (unpaired) electrons. The van der Waals surface area contributed by atoms with E-state index in [1.807, 2.05) is 0 Å². The Balaban J connectivity index is 2.38. The summed E-state index contributed by atoms with van der Waals surface area (Å²) in [5, 5.41) is 9.15. The topological polar surface area (TPSA) is 83.6 Å². The summed E-state index contributed by atoms with van der Waals surface area (Å²) in [4.78, 5) is -0.0400. The number of nitrogens with zero attached hydrogens (tertiary/aromatic N) is 1. The van der Waals surface area contributed by atoms with E-state index >= 15 is 0 Å². The largest absolute Gasteiger partial charge is 0.396 e. The molecule has 2 rings (SSSR count). The predicted octanol–water partition coefficient (Wildman–Crippen LogP) is 0.553. The SMILES string of the molecule is Nc1cc(S(=O)(=O)N2CCC[C@@H]2CO)ccc1F. The van der Waals surface area contributed by atoms with Gasteiger partial charge in [0.25, 0.3) is 0 Å². The lowest BCUT2D eigenvalue weighted by Gasteiger charge is -2.22. The minimum Gasteiger partial charge on any atom is -0.396 e. The second-order valence-corrected chi connectivity index (χ2v) is 6.17. The van der Waals surface area contributed by atoms with Crippen LogP contribution in [-0.2, 0) is 10.0 Å². The zero-order valence-corrected chi connectivity index (χ0v) is 10.5. The van der Waals surface area contributed by atoms with E-state index in [2.05, 4.69) is 0 Å². The van der Waals surface area contributed by atoms with Gasteiger partial charge < -0.3 is 10.8 Å². The number of nitrogens with two attached hydrogens (primary N) is 1. The molecule has 1 aliphatic rings. The van der Waals surface area contributed by atoms with E-state index in [9.17, 15) is 12.8 Å². The van der Waals surface area contributed by atoms with Crippen LogP contribution in [0.2, 0.25) is 0 Å². The molecular formula is C11H15FN2O3S. The zero-order chi connectivity index (χ0) is 13.3. The second-order valence-electron chi connectivity index (χ2n) is 4.28. The molecule has 100 valence electrons. The highest BCUT2D eigenvalue weighted by Crippen LogP contribution is 2.27. The van der Waals surface area contributed by atoms with Crippen LogP contribution in [0.4, 0.5) is 10.1 Å². The molecule has 1 aliphatic heterocycles. The van der Waals surface area contributed by atoms with Crippen molar-refractivity contribution in [1.29, 1.82) is 0 Å². The van der Waals surface area contributed by atoms with Crippen LogP contribution in [-0.4, -0.2) is 37.0 Å². The first-order valence-corrected chi connectivity index (χ1v) is 7.08. The zero-order valence-electron chi connectivity index (χ0n) is 9.71. The molecule has 5 nitrogen and oxygen atoms in total. The van der Waals surface area contributed by atoms with E-state index in [0.29, 0.717) is 19.4 Å². The Kier molecular flexibility index (Phi) is 3.56. The van der Waals surface area contributed by atoms with Gasteiger partial charge in [0.1, 0.15) is 5.82 Å². The van der Waals surface area contributed by atoms with Crippen molar-refractivity contribution in [2.24, 2.45) is 0 Å². The van der Waals surface area contributed by atoms with Crippen LogP contribution in [0.3, 0.4) is 0 Å². The predicted molar refractivity (Wildman–Crippen MR) is 64.8 cm³/mol. The number of anilines is 1. The van der Waals surface area contributed by atoms with Crippen molar-refractivity contribution in [3.05, 3.63) is 24.0 Å². The van der Waals surface area contributed by atoms with Gasteiger partial charge in [-0.3, -0.25) is 0 Å². The first kappa shape index (κ1) is 13.3. The van der Waals surface area contributed by atoms with Crippen molar-refractivity contribution < 1.29 is 17.9 Å². The van der Waals surface area contributed by atoms with Crippen molar-refractivity contribution in [3.63, 3.8) is 0 Å². The van der Waals surface area contributed by atoms with E-state index in [-0.39, 0.29) is 17.2 Å². The van der Waals surface area contributed by atoms with E-state index in [4.69, 9.17) is 10.8 Å². The lowest BCUT2D eigenvalue weighted by molar-refractivity contribution is 0.213. The maximum absolute atomic E-state index is 13.0. The number of benzene rings is 1. The number of sulfonamides is 1. The van der Waals surface area contributed by atoms with Gasteiger partial charge in [-0.05, 0) is 31.0 Å². The summed E-state index contributed by atoms with van der Waals surface area (Å²) in [7, 11) is -3.71. The highest BCUT2D eigenvalue weighted by molar-refractivity contribution is 7.89. The number of aliphatic hydroxyl groups is 1. The molecule has 0 bridgehead atoms. The van der Waals surface area contributed by atoms with E-state index in [1.165, 1.54) is 10.4 Å². The third-order valence-electron chi connectivity index (χ3n) is 3.11. The van der Waals surface area contributed by atoms with Crippen LogP contribution < -0.4 is 5.73 Å². The lowest BCUT2D eigenvalue weighted by Crippen LogP contribution is -2.37. The Morgan fingerprint density at radius 1 is 1.50 bits per heavy atom. The van der Waals surface area contributed by atoms with Crippen molar-refractivity contribution in [2.75, 3.05) is 18.9 Å². The molecule has 3 N–H and O–H groups in total. The Morgan fingerprint density at radius 2 is 2.22 bits per heavy atom. The Bertz CT molecular complexity index is 547. The molecule has 0 saturated carbocycles. The van der Waals surface area contributed by atoms with Gasteiger partial charge in [-0.1, -0.05) is 0 Å². The van der Waals surface area contributed by atoms with Crippen LogP contribution in [0.25, 0.3) is 0 Å². The Labute approximate surface area is 105 Å². The lowest BCUT2D eigenvalue weighted by atomic mass is 10.2. The van der Waals surface area contributed by atoms with Gasteiger partial charge >= 0.3 is 0 Å². The van der Waals surface area contributed by atoms with Crippen molar-refractivity contribution in [1.82, 2.24) is 4.31 Å². The summed E-state index contributed by atoms with van der Waals surface area (Å²) in [6.07, 6.45) is 1.34. The molecule has 0 aliphatic carbocycles. The molecule has 1 saturated heterocycles. The van der Waals surface area contributed by atoms with Crippen LogP contribution in [0, 0.1) is 5.82 Å². The highest BCUT2D eigenvalue weighted by atomic mass is 32.2. The smallest absolute Gasteiger partial charge is 0.243 e. The Hall–Kier alpha value is -1.18. The summed E-state index contributed by atoms with van der Waals surface area (Å²) in [5.41, 5.74) is 5.18. The summed E-state index contributed by atoms with van der Waals surface area (Å²) in [6.45, 7) is 0.154. The van der Waals surface area contributed by atoms with E-state index in [0.717, 1.165) is 12.1 Å². The molecule has 1 heterocycles. The third kappa shape index (κ3) is 2.21. The summed E-state index contributed by atoms with van der Waals surface area (Å²) in [5.74, 6) is -0.644. The fraction of sp³-hybridized carbons (Fsp3) is 0.455.